The van der Waals surface area contributed by atoms with Crippen molar-refractivity contribution in [1.82, 2.24) is 5.32 Å². The smallest absolute Gasteiger partial charge is 0.257 e. The van der Waals surface area contributed by atoms with E-state index in [1.807, 2.05) is 13.8 Å². The number of amides is 1. The second-order valence-corrected chi connectivity index (χ2v) is 6.47. The Morgan fingerprint density at radius 1 is 1.40 bits per heavy atom. The average Bonchev–Trinajstić information content (AvgIpc) is 2.32. The summed E-state index contributed by atoms with van der Waals surface area (Å²) in [7, 11) is 1.61. The van der Waals surface area contributed by atoms with Crippen molar-refractivity contribution in [3.8, 4) is 0 Å². The molecule has 1 saturated carbocycles. The van der Waals surface area contributed by atoms with Crippen molar-refractivity contribution in [2.45, 2.75) is 32.4 Å². The molecule has 0 aromatic heterocycles. The van der Waals surface area contributed by atoms with E-state index in [2.05, 4.69) is 21.2 Å². The monoisotopic (exact) mass is 347 g/mol. The van der Waals surface area contributed by atoms with E-state index in [1.54, 1.807) is 7.11 Å². The van der Waals surface area contributed by atoms with Crippen LogP contribution in [0.2, 0.25) is 0 Å². The van der Waals surface area contributed by atoms with E-state index in [-0.39, 0.29) is 22.0 Å². The van der Waals surface area contributed by atoms with Crippen LogP contribution in [0, 0.1) is 17.0 Å². The molecule has 0 aliphatic heterocycles. The standard InChI is InChI=1S/C14H16BrF2NO2/c1-14(2)10(6-11(14)20-3)18-13(19)12-8(16)4-7(15)5-9(12)17/h4-5,10-11H,6H2,1-3H3,(H,18,19). The second-order valence-electron chi connectivity index (χ2n) is 5.55. The van der Waals surface area contributed by atoms with E-state index in [0.717, 1.165) is 12.1 Å². The summed E-state index contributed by atoms with van der Waals surface area (Å²) in [5, 5.41) is 2.67. The topological polar surface area (TPSA) is 38.3 Å². The predicted octanol–water partition coefficient (Wildman–Crippen LogP) is 3.27. The van der Waals surface area contributed by atoms with Crippen molar-refractivity contribution in [2.75, 3.05) is 7.11 Å². The molecule has 1 fully saturated rings. The van der Waals surface area contributed by atoms with Crippen LogP contribution in [0.25, 0.3) is 0 Å². The largest absolute Gasteiger partial charge is 0.381 e. The van der Waals surface area contributed by atoms with Gasteiger partial charge in [-0.3, -0.25) is 4.79 Å². The van der Waals surface area contributed by atoms with Crippen LogP contribution in [-0.2, 0) is 4.74 Å². The highest BCUT2D eigenvalue weighted by Gasteiger charge is 2.49. The van der Waals surface area contributed by atoms with Gasteiger partial charge in [-0.2, -0.15) is 0 Å². The SMILES string of the molecule is COC1CC(NC(=O)c2c(F)cc(Br)cc2F)C1(C)C. The van der Waals surface area contributed by atoms with Crippen molar-refractivity contribution >= 4 is 21.8 Å². The van der Waals surface area contributed by atoms with Crippen LogP contribution in [0.3, 0.4) is 0 Å². The molecule has 2 unspecified atom stereocenters. The quantitative estimate of drug-likeness (QED) is 0.911. The summed E-state index contributed by atoms with van der Waals surface area (Å²) < 4.78 is 33.0. The van der Waals surface area contributed by atoms with Gasteiger partial charge in [0.2, 0.25) is 0 Å². The normalized spacial score (nSPS) is 24.1. The minimum absolute atomic E-state index is 0.0346. The molecule has 0 saturated heterocycles. The molecule has 1 aliphatic carbocycles. The Morgan fingerprint density at radius 2 is 1.95 bits per heavy atom. The third kappa shape index (κ3) is 2.59. The Balaban J connectivity index is 2.15. The van der Waals surface area contributed by atoms with Gasteiger partial charge >= 0.3 is 0 Å². The summed E-state index contributed by atoms with van der Waals surface area (Å²) in [6, 6.07) is 1.98. The first-order chi connectivity index (χ1) is 9.27. The number of benzene rings is 1. The maximum atomic E-state index is 13.7. The van der Waals surface area contributed by atoms with Crippen molar-refractivity contribution in [3.05, 3.63) is 33.8 Å². The van der Waals surface area contributed by atoms with Gasteiger partial charge in [-0.05, 0) is 18.6 Å². The number of halogens is 3. The molecule has 110 valence electrons. The highest BCUT2D eigenvalue weighted by Crippen LogP contribution is 2.42. The van der Waals surface area contributed by atoms with Crippen LogP contribution < -0.4 is 5.32 Å². The lowest BCUT2D eigenvalue weighted by molar-refractivity contribution is -0.0942. The van der Waals surface area contributed by atoms with Gasteiger partial charge in [0.15, 0.2) is 0 Å². The number of carbonyl (C=O) groups is 1. The average molecular weight is 348 g/mol. The van der Waals surface area contributed by atoms with Gasteiger partial charge in [0.1, 0.15) is 17.2 Å². The molecule has 0 heterocycles. The van der Waals surface area contributed by atoms with Crippen LogP contribution in [0.4, 0.5) is 8.78 Å². The van der Waals surface area contributed by atoms with Gasteiger partial charge < -0.3 is 10.1 Å². The van der Waals surface area contributed by atoms with Gasteiger partial charge in [-0.1, -0.05) is 29.8 Å². The molecule has 6 heteroatoms. The lowest BCUT2D eigenvalue weighted by atomic mass is 9.64. The molecule has 0 spiro atoms. The number of hydrogen-bond acceptors (Lipinski definition) is 2. The van der Waals surface area contributed by atoms with E-state index >= 15 is 0 Å². The lowest BCUT2D eigenvalue weighted by Gasteiger charge is -2.51. The summed E-state index contributed by atoms with van der Waals surface area (Å²) in [6.45, 7) is 3.90. The van der Waals surface area contributed by atoms with Gasteiger partial charge in [0, 0.05) is 23.0 Å². The zero-order chi connectivity index (χ0) is 15.1. The van der Waals surface area contributed by atoms with Gasteiger partial charge in [0.05, 0.1) is 6.10 Å². The zero-order valence-electron chi connectivity index (χ0n) is 11.5. The Morgan fingerprint density at radius 3 is 2.40 bits per heavy atom. The maximum absolute atomic E-state index is 13.7. The molecule has 1 N–H and O–H groups in total. The first-order valence-electron chi connectivity index (χ1n) is 6.25. The van der Waals surface area contributed by atoms with E-state index in [4.69, 9.17) is 4.74 Å². The minimum Gasteiger partial charge on any atom is -0.381 e. The molecule has 2 rings (SSSR count). The lowest BCUT2D eigenvalue weighted by Crippen LogP contribution is -2.61. The van der Waals surface area contributed by atoms with Gasteiger partial charge in [-0.25, -0.2) is 8.78 Å². The van der Waals surface area contributed by atoms with E-state index in [1.165, 1.54) is 0 Å². The van der Waals surface area contributed by atoms with Crippen LogP contribution in [0.5, 0.6) is 0 Å². The van der Waals surface area contributed by atoms with Crippen LogP contribution in [0.15, 0.2) is 16.6 Å². The Bertz CT molecular complexity index is 525. The molecule has 1 aromatic carbocycles. The summed E-state index contributed by atoms with van der Waals surface area (Å²) in [5.41, 5.74) is -0.808. The molecular weight excluding hydrogens is 332 g/mol. The molecule has 1 aliphatic rings. The van der Waals surface area contributed by atoms with E-state index in [0.29, 0.717) is 6.42 Å². The number of rotatable bonds is 3. The number of ether oxygens (including phenoxy) is 1. The van der Waals surface area contributed by atoms with Gasteiger partial charge in [-0.15, -0.1) is 0 Å². The fraction of sp³-hybridized carbons (Fsp3) is 0.500. The van der Waals surface area contributed by atoms with Crippen molar-refractivity contribution < 1.29 is 18.3 Å². The molecule has 3 nitrogen and oxygen atoms in total. The van der Waals surface area contributed by atoms with Crippen molar-refractivity contribution in [1.29, 1.82) is 0 Å². The summed E-state index contributed by atoms with van der Waals surface area (Å²) in [5.74, 6) is -2.50. The van der Waals surface area contributed by atoms with Gasteiger partial charge in [0.25, 0.3) is 5.91 Å². The molecule has 20 heavy (non-hydrogen) atoms. The second kappa shape index (κ2) is 5.41. The Kier molecular flexibility index (Phi) is 4.16. The van der Waals surface area contributed by atoms with Crippen LogP contribution in [0.1, 0.15) is 30.6 Å². The fourth-order valence-corrected chi connectivity index (χ4v) is 2.92. The minimum atomic E-state index is -0.880. The van der Waals surface area contributed by atoms with Crippen molar-refractivity contribution in [2.24, 2.45) is 5.41 Å². The fourth-order valence-electron chi connectivity index (χ4n) is 2.52. The molecule has 0 radical (unpaired) electrons. The number of nitrogens with one attached hydrogen (secondary N) is 1. The third-order valence-corrected chi connectivity index (χ3v) is 4.46. The Labute approximate surface area is 124 Å². The number of hydrogen-bond donors (Lipinski definition) is 1. The predicted molar refractivity (Wildman–Crippen MR) is 74.5 cm³/mol. The van der Waals surface area contributed by atoms with Crippen LogP contribution >= 0.6 is 15.9 Å². The summed E-state index contributed by atoms with van der Waals surface area (Å²) in [6.07, 6.45) is 0.669. The zero-order valence-corrected chi connectivity index (χ0v) is 13.1. The Hall–Kier alpha value is -1.01. The first-order valence-corrected chi connectivity index (χ1v) is 7.05. The molecule has 2 atom stereocenters. The van der Waals surface area contributed by atoms with Crippen LogP contribution in [-0.4, -0.2) is 25.2 Å². The van der Waals surface area contributed by atoms with Crippen molar-refractivity contribution in [3.63, 3.8) is 0 Å². The maximum Gasteiger partial charge on any atom is 0.257 e. The van der Waals surface area contributed by atoms with E-state index in [9.17, 15) is 13.6 Å². The first kappa shape index (κ1) is 15.4. The number of carbonyl (C=O) groups excluding carboxylic acids is 1. The molecular formula is C14H16BrF2NO2. The summed E-state index contributed by atoms with van der Waals surface area (Å²) >= 11 is 2.98. The molecule has 1 amide bonds. The highest BCUT2D eigenvalue weighted by molar-refractivity contribution is 9.10. The molecule has 1 aromatic rings. The molecule has 0 bridgehead atoms. The number of methoxy groups -OCH3 is 1. The summed E-state index contributed by atoms with van der Waals surface area (Å²) in [4.78, 5) is 12.0. The highest BCUT2D eigenvalue weighted by atomic mass is 79.9. The van der Waals surface area contributed by atoms with E-state index < -0.39 is 23.1 Å². The third-order valence-electron chi connectivity index (χ3n) is 4.00.